The Morgan fingerprint density at radius 1 is 1.27 bits per heavy atom. The number of hydrogen-bond acceptors (Lipinski definition) is 3. The van der Waals surface area contributed by atoms with Crippen LogP contribution in [0.3, 0.4) is 0 Å². The fraction of sp³-hybridized carbons (Fsp3) is 0.526. The predicted octanol–water partition coefficient (Wildman–Crippen LogP) is 2.22. The molecular formula is C19H26ClN3O3. The van der Waals surface area contributed by atoms with Gasteiger partial charge in [0.25, 0.3) is 5.91 Å². The number of nitrogens with one attached hydrogen (secondary N) is 2. The van der Waals surface area contributed by atoms with Crippen LogP contribution >= 0.6 is 11.6 Å². The zero-order chi connectivity index (χ0) is 19.1. The minimum atomic E-state index is -0.587. The molecule has 0 radical (unpaired) electrons. The van der Waals surface area contributed by atoms with E-state index >= 15 is 0 Å². The van der Waals surface area contributed by atoms with E-state index in [1.54, 1.807) is 36.1 Å². The molecule has 0 aliphatic carbocycles. The molecule has 3 amide bonds. The highest BCUT2D eigenvalue weighted by Gasteiger charge is 2.30. The number of benzene rings is 1. The van der Waals surface area contributed by atoms with Crippen molar-refractivity contribution in [2.45, 2.75) is 39.2 Å². The number of rotatable bonds is 6. The van der Waals surface area contributed by atoms with Gasteiger partial charge in [-0.3, -0.25) is 14.4 Å². The largest absolute Gasteiger partial charge is 0.354 e. The smallest absolute Gasteiger partial charge is 0.253 e. The summed E-state index contributed by atoms with van der Waals surface area (Å²) >= 11 is 5.86. The Hall–Kier alpha value is -2.08. The number of piperidine rings is 1. The maximum Gasteiger partial charge on any atom is 0.253 e. The monoisotopic (exact) mass is 379 g/mol. The van der Waals surface area contributed by atoms with Crippen molar-refractivity contribution in [2.75, 3.05) is 19.6 Å². The Bertz CT molecular complexity index is 648. The molecule has 26 heavy (non-hydrogen) atoms. The van der Waals surface area contributed by atoms with Gasteiger partial charge in [-0.2, -0.15) is 0 Å². The molecule has 1 heterocycles. The zero-order valence-electron chi connectivity index (χ0n) is 15.3. The number of nitrogens with zero attached hydrogens (tertiary/aromatic N) is 1. The van der Waals surface area contributed by atoms with Crippen LogP contribution in [0, 0.1) is 5.92 Å². The molecule has 142 valence electrons. The summed E-state index contributed by atoms with van der Waals surface area (Å²) in [6.07, 6.45) is 2.31. The Labute approximate surface area is 159 Å². The van der Waals surface area contributed by atoms with Gasteiger partial charge in [-0.25, -0.2) is 0 Å². The third kappa shape index (κ3) is 5.46. The second-order valence-electron chi connectivity index (χ2n) is 6.62. The molecule has 0 bridgehead atoms. The van der Waals surface area contributed by atoms with Crippen molar-refractivity contribution in [3.8, 4) is 0 Å². The molecule has 2 rings (SSSR count). The highest BCUT2D eigenvalue weighted by molar-refractivity contribution is 6.30. The second kappa shape index (κ2) is 9.57. The molecule has 2 N–H and O–H groups in total. The van der Waals surface area contributed by atoms with Crippen LogP contribution in [0.2, 0.25) is 5.02 Å². The molecule has 0 unspecified atom stereocenters. The van der Waals surface area contributed by atoms with Crippen molar-refractivity contribution < 1.29 is 14.4 Å². The molecular weight excluding hydrogens is 354 g/mol. The van der Waals surface area contributed by atoms with Crippen molar-refractivity contribution in [3.63, 3.8) is 0 Å². The lowest BCUT2D eigenvalue weighted by atomic mass is 9.96. The molecule has 0 saturated carbocycles. The van der Waals surface area contributed by atoms with Crippen molar-refractivity contribution in [1.82, 2.24) is 15.5 Å². The average molecular weight is 380 g/mol. The van der Waals surface area contributed by atoms with Crippen LogP contribution in [-0.2, 0) is 9.59 Å². The van der Waals surface area contributed by atoms with Crippen LogP contribution in [0.25, 0.3) is 0 Å². The zero-order valence-corrected chi connectivity index (χ0v) is 16.0. The Morgan fingerprint density at radius 2 is 1.96 bits per heavy atom. The van der Waals surface area contributed by atoms with Crippen LogP contribution in [0.15, 0.2) is 24.3 Å². The lowest BCUT2D eigenvalue weighted by Gasteiger charge is -2.32. The summed E-state index contributed by atoms with van der Waals surface area (Å²) in [5, 5.41) is 6.10. The van der Waals surface area contributed by atoms with E-state index in [-0.39, 0.29) is 23.6 Å². The molecule has 1 aromatic carbocycles. The van der Waals surface area contributed by atoms with Gasteiger partial charge in [0.15, 0.2) is 0 Å². The van der Waals surface area contributed by atoms with Crippen LogP contribution in [0.1, 0.15) is 43.5 Å². The van der Waals surface area contributed by atoms with E-state index < -0.39 is 6.04 Å². The van der Waals surface area contributed by atoms with E-state index in [9.17, 15) is 14.4 Å². The first kappa shape index (κ1) is 20.2. The van der Waals surface area contributed by atoms with Gasteiger partial charge >= 0.3 is 0 Å². The van der Waals surface area contributed by atoms with Crippen LogP contribution in [0.5, 0.6) is 0 Å². The summed E-state index contributed by atoms with van der Waals surface area (Å²) in [6.45, 7) is 5.21. The van der Waals surface area contributed by atoms with Gasteiger partial charge in [-0.1, -0.05) is 18.5 Å². The molecule has 1 fully saturated rings. The lowest BCUT2D eigenvalue weighted by molar-refractivity contribution is -0.131. The Kier molecular flexibility index (Phi) is 7.45. The van der Waals surface area contributed by atoms with E-state index in [0.717, 1.165) is 12.8 Å². The summed E-state index contributed by atoms with van der Waals surface area (Å²) in [5.41, 5.74) is 0.558. The van der Waals surface area contributed by atoms with Crippen molar-refractivity contribution in [2.24, 2.45) is 5.92 Å². The third-order valence-corrected chi connectivity index (χ3v) is 4.72. The summed E-state index contributed by atoms with van der Waals surface area (Å²) in [6, 6.07) is 6.15. The molecule has 2 atom stereocenters. The molecule has 1 aliphatic heterocycles. The number of amides is 3. The maximum atomic E-state index is 12.6. The van der Waals surface area contributed by atoms with E-state index in [0.29, 0.717) is 36.6 Å². The molecule has 1 aliphatic rings. The fourth-order valence-electron chi connectivity index (χ4n) is 2.95. The van der Waals surface area contributed by atoms with Gasteiger partial charge in [0, 0.05) is 30.2 Å². The normalized spacial score (nSPS) is 18.1. The van der Waals surface area contributed by atoms with Crippen molar-refractivity contribution >= 4 is 29.3 Å². The van der Waals surface area contributed by atoms with E-state index in [2.05, 4.69) is 10.6 Å². The number of carbonyl (C=O) groups excluding carboxylic acids is 3. The number of hydrogen-bond donors (Lipinski definition) is 2. The minimum Gasteiger partial charge on any atom is -0.354 e. The molecule has 0 spiro atoms. The topological polar surface area (TPSA) is 78.5 Å². The molecule has 7 heteroatoms. The summed E-state index contributed by atoms with van der Waals surface area (Å²) in [5.74, 6) is -0.780. The summed E-state index contributed by atoms with van der Waals surface area (Å²) < 4.78 is 0. The van der Waals surface area contributed by atoms with E-state index in [1.807, 2.05) is 6.92 Å². The highest BCUT2D eigenvalue weighted by Crippen LogP contribution is 2.20. The van der Waals surface area contributed by atoms with Crippen molar-refractivity contribution in [1.29, 1.82) is 0 Å². The molecule has 1 saturated heterocycles. The van der Waals surface area contributed by atoms with Gasteiger partial charge in [0.05, 0.1) is 5.92 Å². The first-order valence-corrected chi connectivity index (χ1v) is 9.43. The predicted molar refractivity (Wildman–Crippen MR) is 101 cm³/mol. The standard InChI is InChI=1S/C19H26ClN3O3/c1-3-10-21-17(24)13(2)22-18(25)15-5-4-11-23(12-15)19(26)14-6-8-16(20)9-7-14/h6-9,13,15H,3-5,10-12H2,1-2H3,(H,21,24)(H,22,25)/t13-,15+/m0/s1. The first-order chi connectivity index (χ1) is 12.4. The van der Waals surface area contributed by atoms with Gasteiger partial charge in [-0.05, 0) is 50.5 Å². The quantitative estimate of drug-likeness (QED) is 0.795. The van der Waals surface area contributed by atoms with Gasteiger partial charge in [0.2, 0.25) is 11.8 Å². The SMILES string of the molecule is CCCNC(=O)[C@H](C)NC(=O)[C@@H]1CCCN(C(=O)c2ccc(Cl)cc2)C1. The van der Waals surface area contributed by atoms with E-state index in [1.165, 1.54) is 0 Å². The number of halogens is 1. The Balaban J connectivity index is 1.92. The maximum absolute atomic E-state index is 12.6. The number of likely N-dealkylation sites (tertiary alicyclic amines) is 1. The minimum absolute atomic E-state index is 0.104. The van der Waals surface area contributed by atoms with Crippen LogP contribution < -0.4 is 10.6 Å². The van der Waals surface area contributed by atoms with Crippen molar-refractivity contribution in [3.05, 3.63) is 34.9 Å². The summed E-state index contributed by atoms with van der Waals surface area (Å²) in [7, 11) is 0. The van der Waals surface area contributed by atoms with Crippen LogP contribution in [0.4, 0.5) is 0 Å². The number of carbonyl (C=O) groups is 3. The second-order valence-corrected chi connectivity index (χ2v) is 7.05. The van der Waals surface area contributed by atoms with Gasteiger partial charge in [-0.15, -0.1) is 0 Å². The molecule has 0 aromatic heterocycles. The first-order valence-electron chi connectivity index (χ1n) is 9.05. The molecule has 1 aromatic rings. The fourth-order valence-corrected chi connectivity index (χ4v) is 3.07. The van der Waals surface area contributed by atoms with E-state index in [4.69, 9.17) is 11.6 Å². The lowest BCUT2D eigenvalue weighted by Crippen LogP contribution is -2.50. The summed E-state index contributed by atoms with van der Waals surface area (Å²) in [4.78, 5) is 38.7. The van der Waals surface area contributed by atoms with Gasteiger partial charge in [0.1, 0.15) is 6.04 Å². The average Bonchev–Trinajstić information content (AvgIpc) is 2.66. The molecule has 6 nitrogen and oxygen atoms in total. The highest BCUT2D eigenvalue weighted by atomic mass is 35.5. The van der Waals surface area contributed by atoms with Crippen LogP contribution in [-0.4, -0.2) is 48.3 Å². The third-order valence-electron chi connectivity index (χ3n) is 4.47. The van der Waals surface area contributed by atoms with Gasteiger partial charge < -0.3 is 15.5 Å². The Morgan fingerprint density at radius 3 is 2.62 bits per heavy atom.